The van der Waals surface area contributed by atoms with Gasteiger partial charge in [0.05, 0.1) is 18.7 Å². The molecule has 0 bridgehead atoms. The van der Waals surface area contributed by atoms with Crippen molar-refractivity contribution < 1.29 is 14.3 Å². The highest BCUT2D eigenvalue weighted by Gasteiger charge is 2.26. The second-order valence-electron chi connectivity index (χ2n) is 3.28. The van der Waals surface area contributed by atoms with Crippen LogP contribution in [0.5, 0.6) is 0 Å². The molecule has 0 aromatic heterocycles. The summed E-state index contributed by atoms with van der Waals surface area (Å²) < 4.78 is 4.81. The summed E-state index contributed by atoms with van der Waals surface area (Å²) in [7, 11) is 1.33. The van der Waals surface area contributed by atoms with Crippen molar-refractivity contribution in [2.75, 3.05) is 7.11 Å². The summed E-state index contributed by atoms with van der Waals surface area (Å²) in [6, 6.07) is 6.32. The van der Waals surface area contributed by atoms with Crippen LogP contribution in [-0.2, 0) is 4.74 Å². The molecule has 1 aliphatic carbocycles. The van der Waals surface area contributed by atoms with E-state index in [4.69, 9.17) is 10.00 Å². The molecule has 4 nitrogen and oxygen atoms in total. The number of Topliss-reactive ketones (excluding diaryl/α,β-unsaturated/α-hetero) is 1. The normalized spacial score (nSPS) is 13.9. The quantitative estimate of drug-likeness (QED) is 0.708. The fraction of sp³-hybridized carbons (Fsp3) is 0.0833. The van der Waals surface area contributed by atoms with Crippen molar-refractivity contribution in [3.05, 3.63) is 46.7 Å². The molecule has 0 fully saturated rings. The number of ketones is 2. The molecule has 1 aromatic carbocycles. The number of rotatable bonds is 1. The van der Waals surface area contributed by atoms with Gasteiger partial charge in [0.25, 0.3) is 0 Å². The van der Waals surface area contributed by atoms with E-state index in [1.807, 2.05) is 6.07 Å². The van der Waals surface area contributed by atoms with Crippen LogP contribution < -0.4 is 0 Å². The largest absolute Gasteiger partial charge is 0.492 e. The Morgan fingerprint density at radius 2 is 2.00 bits per heavy atom. The van der Waals surface area contributed by atoms with Crippen LogP contribution in [0.3, 0.4) is 0 Å². The van der Waals surface area contributed by atoms with Gasteiger partial charge in [-0.2, -0.15) is 5.26 Å². The van der Waals surface area contributed by atoms with Gasteiger partial charge in [-0.3, -0.25) is 9.59 Å². The lowest BCUT2D eigenvalue weighted by atomic mass is 9.92. The summed E-state index contributed by atoms with van der Waals surface area (Å²) in [4.78, 5) is 23.4. The van der Waals surface area contributed by atoms with E-state index in [1.54, 1.807) is 0 Å². The monoisotopic (exact) mass is 213 g/mol. The number of carbonyl (C=O) groups excluding carboxylic acids is 2. The summed E-state index contributed by atoms with van der Waals surface area (Å²) in [6.07, 6.45) is 1.16. The van der Waals surface area contributed by atoms with E-state index in [0.29, 0.717) is 11.1 Å². The lowest BCUT2D eigenvalue weighted by Crippen LogP contribution is -2.18. The molecule has 1 aliphatic rings. The molecule has 0 heterocycles. The van der Waals surface area contributed by atoms with Gasteiger partial charge in [0.2, 0.25) is 5.78 Å². The van der Waals surface area contributed by atoms with Crippen LogP contribution in [0.1, 0.15) is 26.3 Å². The molecule has 0 amide bonds. The lowest BCUT2D eigenvalue weighted by Gasteiger charge is -2.13. The van der Waals surface area contributed by atoms with Gasteiger partial charge in [0.1, 0.15) is 0 Å². The highest BCUT2D eigenvalue weighted by Crippen LogP contribution is 2.22. The topological polar surface area (TPSA) is 67.2 Å². The Balaban J connectivity index is 2.63. The average Bonchev–Trinajstić information content (AvgIpc) is 2.33. The van der Waals surface area contributed by atoms with Crippen molar-refractivity contribution in [1.82, 2.24) is 0 Å². The molecule has 4 heteroatoms. The van der Waals surface area contributed by atoms with Crippen molar-refractivity contribution in [3.63, 3.8) is 0 Å². The smallest absolute Gasteiger partial charge is 0.228 e. The van der Waals surface area contributed by atoms with Crippen LogP contribution >= 0.6 is 0 Å². The van der Waals surface area contributed by atoms with Gasteiger partial charge < -0.3 is 4.74 Å². The third kappa shape index (κ3) is 1.39. The number of hydrogen-bond acceptors (Lipinski definition) is 4. The first-order valence-corrected chi connectivity index (χ1v) is 4.56. The number of ether oxygens (including phenoxy) is 1. The molecule has 78 valence electrons. The average molecular weight is 213 g/mol. The van der Waals surface area contributed by atoms with Gasteiger partial charge in [-0.25, -0.2) is 0 Å². The van der Waals surface area contributed by atoms with Gasteiger partial charge in [-0.1, -0.05) is 0 Å². The summed E-state index contributed by atoms with van der Waals surface area (Å²) >= 11 is 0. The fourth-order valence-electron chi connectivity index (χ4n) is 1.56. The number of fused-ring (bicyclic) bond motifs is 1. The number of allylic oxidation sites excluding steroid dienone is 2. The molecule has 16 heavy (non-hydrogen) atoms. The Kier molecular flexibility index (Phi) is 2.29. The lowest BCUT2D eigenvalue weighted by molar-refractivity contribution is 0.0916. The zero-order chi connectivity index (χ0) is 11.7. The van der Waals surface area contributed by atoms with Gasteiger partial charge in [0.15, 0.2) is 11.5 Å². The highest BCUT2D eigenvalue weighted by atomic mass is 16.5. The van der Waals surface area contributed by atoms with Crippen molar-refractivity contribution in [3.8, 4) is 6.07 Å². The van der Waals surface area contributed by atoms with Crippen LogP contribution in [0.2, 0.25) is 0 Å². The van der Waals surface area contributed by atoms with Crippen LogP contribution in [0.15, 0.2) is 30.0 Å². The van der Waals surface area contributed by atoms with Gasteiger partial charge in [-0.05, 0) is 18.2 Å². The number of hydrogen-bond donors (Lipinski definition) is 0. The maximum absolute atomic E-state index is 11.8. The zero-order valence-electron chi connectivity index (χ0n) is 8.48. The first-order chi connectivity index (χ1) is 7.67. The predicted molar refractivity (Wildman–Crippen MR) is 54.9 cm³/mol. The number of nitrogens with zero attached hydrogens (tertiary/aromatic N) is 1. The second-order valence-corrected chi connectivity index (χ2v) is 3.28. The summed E-state index contributed by atoms with van der Waals surface area (Å²) in [5.41, 5.74) is 0.880. The summed E-state index contributed by atoms with van der Waals surface area (Å²) in [6.45, 7) is 0. The van der Waals surface area contributed by atoms with E-state index in [-0.39, 0.29) is 22.9 Å². The van der Waals surface area contributed by atoms with Crippen LogP contribution in [0.4, 0.5) is 0 Å². The van der Waals surface area contributed by atoms with Crippen molar-refractivity contribution in [2.45, 2.75) is 0 Å². The minimum atomic E-state index is -0.366. The Bertz CT molecular complexity index is 564. The molecule has 0 saturated carbocycles. The molecule has 0 spiro atoms. The highest BCUT2D eigenvalue weighted by molar-refractivity contribution is 6.23. The Hall–Kier alpha value is -2.41. The van der Waals surface area contributed by atoms with E-state index < -0.39 is 0 Å². The first kappa shape index (κ1) is 10.1. The van der Waals surface area contributed by atoms with Crippen LogP contribution in [0.25, 0.3) is 0 Å². The fourth-order valence-corrected chi connectivity index (χ4v) is 1.56. The molecular formula is C12H7NO3. The zero-order valence-corrected chi connectivity index (χ0v) is 8.48. The SMILES string of the molecule is COC1=CC(=O)c2ccc(C#N)cc2C1=O. The minimum absolute atomic E-state index is 0.00703. The standard InChI is InChI=1S/C12H7NO3/c1-16-11-5-10(14)8-3-2-7(6-13)4-9(8)12(11)15/h2-5H,1H3. The number of methoxy groups -OCH3 is 1. The van der Waals surface area contributed by atoms with E-state index in [1.165, 1.54) is 25.3 Å². The third-order valence-corrected chi connectivity index (χ3v) is 2.36. The molecule has 2 rings (SSSR count). The van der Waals surface area contributed by atoms with Gasteiger partial charge >= 0.3 is 0 Å². The van der Waals surface area contributed by atoms with Crippen molar-refractivity contribution in [2.24, 2.45) is 0 Å². The molecule has 0 atom stereocenters. The van der Waals surface area contributed by atoms with Crippen LogP contribution in [-0.4, -0.2) is 18.7 Å². The Labute approximate surface area is 91.8 Å². The van der Waals surface area contributed by atoms with Gasteiger partial charge in [-0.15, -0.1) is 0 Å². The number of benzene rings is 1. The van der Waals surface area contributed by atoms with E-state index in [9.17, 15) is 9.59 Å². The first-order valence-electron chi connectivity index (χ1n) is 4.56. The van der Waals surface area contributed by atoms with E-state index >= 15 is 0 Å². The molecular weight excluding hydrogens is 206 g/mol. The molecule has 0 aliphatic heterocycles. The molecule has 1 aromatic rings. The summed E-state index contributed by atoms with van der Waals surface area (Å²) in [5, 5.41) is 8.72. The Morgan fingerprint density at radius 3 is 2.62 bits per heavy atom. The van der Waals surface area contributed by atoms with Crippen LogP contribution in [0, 0.1) is 11.3 Å². The summed E-state index contributed by atoms with van der Waals surface area (Å²) in [5.74, 6) is -0.641. The number of nitriles is 1. The maximum Gasteiger partial charge on any atom is 0.228 e. The minimum Gasteiger partial charge on any atom is -0.492 e. The van der Waals surface area contributed by atoms with E-state index in [2.05, 4.69) is 0 Å². The van der Waals surface area contributed by atoms with Crippen molar-refractivity contribution >= 4 is 11.6 Å². The predicted octanol–water partition coefficient (Wildman–Crippen LogP) is 1.47. The number of carbonyl (C=O) groups is 2. The van der Waals surface area contributed by atoms with Crippen molar-refractivity contribution in [1.29, 1.82) is 5.26 Å². The molecule has 0 saturated heterocycles. The second kappa shape index (κ2) is 3.63. The maximum atomic E-state index is 11.8. The third-order valence-electron chi connectivity index (χ3n) is 2.36. The molecule has 0 N–H and O–H groups in total. The Morgan fingerprint density at radius 1 is 1.25 bits per heavy atom. The van der Waals surface area contributed by atoms with Gasteiger partial charge in [0, 0.05) is 17.2 Å². The molecule has 0 unspecified atom stereocenters. The molecule has 0 radical (unpaired) electrons. The van der Waals surface area contributed by atoms with E-state index in [0.717, 1.165) is 6.08 Å².